The lowest BCUT2D eigenvalue weighted by Gasteiger charge is -2.21. The maximum atomic E-state index is 11.1. The lowest BCUT2D eigenvalue weighted by molar-refractivity contribution is -0.386. The topological polar surface area (TPSA) is 92.3 Å². The van der Waals surface area contributed by atoms with E-state index in [1.807, 2.05) is 4.90 Å². The summed E-state index contributed by atoms with van der Waals surface area (Å²) in [6.45, 7) is 5.65. The van der Waals surface area contributed by atoms with Crippen LogP contribution < -0.4 is 0 Å². The van der Waals surface area contributed by atoms with Gasteiger partial charge >= 0.3 is 0 Å². The van der Waals surface area contributed by atoms with Crippen LogP contribution >= 0.6 is 0 Å². The van der Waals surface area contributed by atoms with Gasteiger partial charge in [-0.25, -0.2) is 0 Å². The molecule has 0 spiro atoms. The minimum Gasteiger partial charge on any atom is -0.383 e. The molecule has 0 saturated carbocycles. The monoisotopic (exact) mass is 292 g/mol. The number of hydrogen-bond donors (Lipinski definition) is 0. The summed E-state index contributed by atoms with van der Waals surface area (Å²) >= 11 is 0. The molecule has 0 fully saturated rings. The molecule has 0 unspecified atom stereocenters. The molecule has 1 aromatic rings. The van der Waals surface area contributed by atoms with Crippen LogP contribution in [0, 0.1) is 35.3 Å². The predicted octanol–water partition coefficient (Wildman–Crippen LogP) is 1.97. The van der Waals surface area contributed by atoms with Gasteiger partial charge in [0.2, 0.25) is 0 Å². The van der Waals surface area contributed by atoms with E-state index in [-0.39, 0.29) is 10.6 Å². The molecule has 1 rings (SSSR count). The van der Waals surface area contributed by atoms with E-state index >= 15 is 0 Å². The Bertz CT molecular complexity index is 540. The van der Waals surface area contributed by atoms with Gasteiger partial charge in [-0.15, -0.1) is 0 Å². The van der Waals surface area contributed by atoms with Crippen molar-refractivity contribution in [3.8, 4) is 6.07 Å². The van der Waals surface area contributed by atoms with Crippen molar-refractivity contribution >= 4 is 5.69 Å². The zero-order chi connectivity index (χ0) is 15.8. The second-order valence-electron chi connectivity index (χ2n) is 4.80. The highest BCUT2D eigenvalue weighted by Gasteiger charge is 2.20. The zero-order valence-corrected chi connectivity index (χ0v) is 12.6. The fourth-order valence-electron chi connectivity index (χ4n) is 2.12. The number of pyridine rings is 1. The molecule has 0 radical (unpaired) electrons. The second kappa shape index (κ2) is 8.29. The number of aryl methyl sites for hydroxylation is 1. The van der Waals surface area contributed by atoms with Gasteiger partial charge in [0, 0.05) is 50.5 Å². The van der Waals surface area contributed by atoms with Crippen molar-refractivity contribution in [2.24, 2.45) is 0 Å². The Labute approximate surface area is 124 Å². The van der Waals surface area contributed by atoms with Gasteiger partial charge in [0.05, 0.1) is 23.3 Å². The molecule has 1 heterocycles. The highest BCUT2D eigenvalue weighted by Crippen LogP contribution is 2.24. The highest BCUT2D eigenvalue weighted by atomic mass is 16.6. The van der Waals surface area contributed by atoms with Gasteiger partial charge in [-0.3, -0.25) is 20.0 Å². The zero-order valence-electron chi connectivity index (χ0n) is 12.6. The van der Waals surface area contributed by atoms with E-state index in [0.717, 1.165) is 0 Å². The number of nitrogens with zero attached hydrogens (tertiary/aromatic N) is 4. The Kier molecular flexibility index (Phi) is 6.72. The molecule has 21 heavy (non-hydrogen) atoms. The first-order chi connectivity index (χ1) is 10.0. The SMILES string of the molecule is COCCN(CCC#N)Cc1ncc(C)c([N+](=O)[O-])c1C. The lowest BCUT2D eigenvalue weighted by Crippen LogP contribution is -2.29. The second-order valence-corrected chi connectivity index (χ2v) is 4.80. The first-order valence-electron chi connectivity index (χ1n) is 6.69. The van der Waals surface area contributed by atoms with Gasteiger partial charge in [0.1, 0.15) is 0 Å². The molecule has 0 aromatic carbocycles. The van der Waals surface area contributed by atoms with Crippen molar-refractivity contribution in [2.75, 3.05) is 26.8 Å². The Hall–Kier alpha value is -2.04. The summed E-state index contributed by atoms with van der Waals surface area (Å²) in [4.78, 5) is 17.1. The van der Waals surface area contributed by atoms with Crippen molar-refractivity contribution in [3.05, 3.63) is 33.1 Å². The molecule has 114 valence electrons. The van der Waals surface area contributed by atoms with Gasteiger partial charge < -0.3 is 4.74 Å². The summed E-state index contributed by atoms with van der Waals surface area (Å²) in [6, 6.07) is 2.10. The van der Waals surface area contributed by atoms with E-state index in [9.17, 15) is 10.1 Å². The summed E-state index contributed by atoms with van der Waals surface area (Å²) in [7, 11) is 1.61. The van der Waals surface area contributed by atoms with Crippen LogP contribution in [0.25, 0.3) is 0 Å². The molecule has 7 heteroatoms. The summed E-state index contributed by atoms with van der Waals surface area (Å²) in [5, 5.41) is 19.8. The number of methoxy groups -OCH3 is 1. The molecule has 1 aromatic heterocycles. The number of ether oxygens (including phenoxy) is 1. The Balaban J connectivity index is 2.95. The predicted molar refractivity (Wildman–Crippen MR) is 77.7 cm³/mol. The molecule has 0 saturated heterocycles. The van der Waals surface area contributed by atoms with Crippen molar-refractivity contribution < 1.29 is 9.66 Å². The molecular formula is C14H20N4O3. The molecule has 0 atom stereocenters. The van der Waals surface area contributed by atoms with Gasteiger partial charge in [-0.1, -0.05) is 0 Å². The summed E-state index contributed by atoms with van der Waals surface area (Å²) in [5.74, 6) is 0. The molecule has 0 aliphatic heterocycles. The molecule has 7 nitrogen and oxygen atoms in total. The number of nitriles is 1. The Morgan fingerprint density at radius 1 is 1.48 bits per heavy atom. The third-order valence-corrected chi connectivity index (χ3v) is 3.28. The van der Waals surface area contributed by atoms with Crippen molar-refractivity contribution in [1.82, 2.24) is 9.88 Å². The Morgan fingerprint density at radius 2 is 2.19 bits per heavy atom. The van der Waals surface area contributed by atoms with E-state index < -0.39 is 0 Å². The molecule has 0 aliphatic rings. The number of rotatable bonds is 8. The molecule has 0 aliphatic carbocycles. The van der Waals surface area contributed by atoms with Crippen LogP contribution in [0.2, 0.25) is 0 Å². The summed E-state index contributed by atoms with van der Waals surface area (Å²) in [5.41, 5.74) is 1.93. The third-order valence-electron chi connectivity index (χ3n) is 3.28. The van der Waals surface area contributed by atoms with Crippen LogP contribution in [0.5, 0.6) is 0 Å². The van der Waals surface area contributed by atoms with Gasteiger partial charge in [0.15, 0.2) is 0 Å². The van der Waals surface area contributed by atoms with Crippen molar-refractivity contribution in [1.29, 1.82) is 5.26 Å². The first kappa shape index (κ1) is 17.0. The maximum Gasteiger partial charge on any atom is 0.278 e. The van der Waals surface area contributed by atoms with Gasteiger partial charge in [-0.05, 0) is 13.8 Å². The van der Waals surface area contributed by atoms with Gasteiger partial charge in [0.25, 0.3) is 5.69 Å². The minimum absolute atomic E-state index is 0.118. The standard InChI is InChI=1S/C14H20N4O3/c1-11-9-16-13(12(2)14(11)18(19)20)10-17(6-4-5-15)7-8-21-3/h9H,4,6-8,10H2,1-3H3. The largest absolute Gasteiger partial charge is 0.383 e. The van der Waals surface area contributed by atoms with E-state index in [0.29, 0.717) is 49.5 Å². The van der Waals surface area contributed by atoms with E-state index in [1.165, 1.54) is 6.20 Å². The van der Waals surface area contributed by atoms with E-state index in [4.69, 9.17) is 10.00 Å². The third kappa shape index (κ3) is 4.77. The Morgan fingerprint density at radius 3 is 2.76 bits per heavy atom. The van der Waals surface area contributed by atoms with Crippen LogP contribution in [-0.2, 0) is 11.3 Å². The quantitative estimate of drug-likeness (QED) is 0.537. The van der Waals surface area contributed by atoms with Crippen LogP contribution in [0.15, 0.2) is 6.20 Å². The van der Waals surface area contributed by atoms with Crippen molar-refractivity contribution in [2.45, 2.75) is 26.8 Å². The normalized spacial score (nSPS) is 10.6. The fourth-order valence-corrected chi connectivity index (χ4v) is 2.12. The van der Waals surface area contributed by atoms with Crippen LogP contribution in [0.4, 0.5) is 5.69 Å². The number of aromatic nitrogens is 1. The van der Waals surface area contributed by atoms with Crippen LogP contribution in [0.1, 0.15) is 23.2 Å². The summed E-state index contributed by atoms with van der Waals surface area (Å²) < 4.78 is 5.05. The van der Waals surface area contributed by atoms with Gasteiger partial charge in [-0.2, -0.15) is 5.26 Å². The van der Waals surface area contributed by atoms with Crippen LogP contribution in [-0.4, -0.2) is 41.6 Å². The minimum atomic E-state index is -0.370. The molecule has 0 bridgehead atoms. The average Bonchev–Trinajstić information content (AvgIpc) is 2.44. The van der Waals surface area contributed by atoms with E-state index in [2.05, 4.69) is 11.1 Å². The van der Waals surface area contributed by atoms with Crippen LogP contribution in [0.3, 0.4) is 0 Å². The average molecular weight is 292 g/mol. The smallest absolute Gasteiger partial charge is 0.278 e. The maximum absolute atomic E-state index is 11.1. The summed E-state index contributed by atoms with van der Waals surface area (Å²) in [6.07, 6.45) is 1.93. The highest BCUT2D eigenvalue weighted by molar-refractivity contribution is 5.47. The lowest BCUT2D eigenvalue weighted by atomic mass is 10.1. The van der Waals surface area contributed by atoms with Crippen molar-refractivity contribution in [3.63, 3.8) is 0 Å². The molecular weight excluding hydrogens is 272 g/mol. The van der Waals surface area contributed by atoms with E-state index in [1.54, 1.807) is 21.0 Å². The number of hydrogen-bond acceptors (Lipinski definition) is 6. The molecule has 0 N–H and O–H groups in total. The first-order valence-corrected chi connectivity index (χ1v) is 6.69. The number of nitro groups is 1. The molecule has 0 amide bonds. The fraction of sp³-hybridized carbons (Fsp3) is 0.571.